The summed E-state index contributed by atoms with van der Waals surface area (Å²) < 4.78 is 0.144. The Bertz CT molecular complexity index is 1330. The largest absolute Gasteiger partial charge is 0.477 e. The minimum absolute atomic E-state index is 0.0343. The van der Waals surface area contributed by atoms with Crippen LogP contribution in [0.15, 0.2) is 39.0 Å². The van der Waals surface area contributed by atoms with Crippen molar-refractivity contribution in [1.29, 1.82) is 0 Å². The minimum Gasteiger partial charge on any atom is -0.477 e. The van der Waals surface area contributed by atoms with E-state index in [2.05, 4.69) is 25.8 Å². The highest BCUT2D eigenvalue weighted by molar-refractivity contribution is 8.03. The van der Waals surface area contributed by atoms with Crippen molar-refractivity contribution in [3.8, 4) is 0 Å². The number of nitrogens with two attached hydrogens (primary N) is 1. The van der Waals surface area contributed by atoms with Crippen LogP contribution in [0.3, 0.4) is 0 Å². The molecule has 39 heavy (non-hydrogen) atoms. The highest BCUT2D eigenvalue weighted by Gasteiger charge is 2.54. The summed E-state index contributed by atoms with van der Waals surface area (Å²) >= 11 is 10.1. The summed E-state index contributed by atoms with van der Waals surface area (Å²) in [6, 6.07) is 2.24. The standard InChI is InChI=1S/C23H26ClN7O5S3/c1-26-8-9-37-10-11-13(4-3-7-27-11)38-14-6-5-12-15(21(33)31(12)18(14)22(34)35)28-20(32)17(30-36-2)16-19(24)39-23(25)29-16/h3-4,7,12,15,26H,5-6,8-10H2,1-2H3,(H2,25,29)(H,28,32)(H,34,35)/t12-,15+/m1/s1. The molecule has 2 atom stereocenters. The predicted molar refractivity (Wildman–Crippen MR) is 152 cm³/mol. The lowest BCUT2D eigenvalue weighted by atomic mass is 9.86. The number of rotatable bonds is 12. The molecule has 2 aliphatic heterocycles. The van der Waals surface area contributed by atoms with E-state index in [0.717, 1.165) is 34.2 Å². The maximum Gasteiger partial charge on any atom is 0.353 e. The molecule has 4 heterocycles. The molecule has 0 saturated carbocycles. The number of nitrogens with one attached hydrogen (secondary N) is 2. The van der Waals surface area contributed by atoms with E-state index in [9.17, 15) is 19.5 Å². The van der Waals surface area contributed by atoms with E-state index in [-0.39, 0.29) is 26.6 Å². The monoisotopic (exact) mass is 611 g/mol. The number of aromatic nitrogens is 2. The number of thiazole rings is 1. The topological polar surface area (TPSA) is 172 Å². The zero-order valence-electron chi connectivity index (χ0n) is 21.0. The fraction of sp³-hybridized carbons (Fsp3) is 0.391. The number of hydrogen-bond acceptors (Lipinski definition) is 12. The Morgan fingerprint density at radius 2 is 2.23 bits per heavy atom. The van der Waals surface area contributed by atoms with E-state index >= 15 is 0 Å². The van der Waals surface area contributed by atoms with Gasteiger partial charge >= 0.3 is 5.97 Å². The van der Waals surface area contributed by atoms with Crippen molar-refractivity contribution in [3.05, 3.63) is 44.7 Å². The Hall–Kier alpha value is -2.85. The van der Waals surface area contributed by atoms with Crippen molar-refractivity contribution in [2.75, 3.05) is 32.2 Å². The van der Waals surface area contributed by atoms with Crippen LogP contribution < -0.4 is 16.4 Å². The second kappa shape index (κ2) is 13.0. The first-order valence-corrected chi connectivity index (χ1v) is 14.9. The molecule has 2 aromatic rings. The first-order chi connectivity index (χ1) is 18.8. The number of allylic oxidation sites excluding steroid dienone is 1. The summed E-state index contributed by atoms with van der Waals surface area (Å²) in [5.74, 6) is -0.881. The Morgan fingerprint density at radius 1 is 1.44 bits per heavy atom. The van der Waals surface area contributed by atoms with Gasteiger partial charge in [-0.2, -0.15) is 11.8 Å². The smallest absolute Gasteiger partial charge is 0.353 e. The van der Waals surface area contributed by atoms with Crippen molar-refractivity contribution in [1.82, 2.24) is 25.5 Å². The number of carbonyl (C=O) groups is 3. The van der Waals surface area contributed by atoms with Crippen molar-refractivity contribution >= 4 is 75.1 Å². The van der Waals surface area contributed by atoms with Gasteiger partial charge in [0.2, 0.25) is 0 Å². The summed E-state index contributed by atoms with van der Waals surface area (Å²) in [5.41, 5.74) is 6.26. The van der Waals surface area contributed by atoms with Crippen LogP contribution >= 0.6 is 46.5 Å². The fourth-order valence-corrected chi connectivity index (χ4v) is 7.28. The predicted octanol–water partition coefficient (Wildman–Crippen LogP) is 2.15. The third kappa shape index (κ3) is 6.32. The van der Waals surface area contributed by atoms with Gasteiger partial charge in [0.1, 0.15) is 28.9 Å². The SMILES string of the molecule is CNCCSCc1ncccc1SC1=C(C(=O)O)N2C(=O)[C@@H](NC(=O)C(=NOC)c3nc(N)sc3Cl)[C@H]2CC1. The number of β-lactam (4-membered cyclic amide) rings is 1. The van der Waals surface area contributed by atoms with Gasteiger partial charge in [-0.3, -0.25) is 19.5 Å². The number of anilines is 1. The number of aliphatic carboxylic acids is 1. The second-order valence-electron chi connectivity index (χ2n) is 8.35. The van der Waals surface area contributed by atoms with Crippen LogP contribution in [0.2, 0.25) is 4.34 Å². The van der Waals surface area contributed by atoms with Gasteiger partial charge in [0.15, 0.2) is 10.8 Å². The minimum atomic E-state index is -1.21. The number of thioether (sulfide) groups is 2. The van der Waals surface area contributed by atoms with Gasteiger partial charge in [0.25, 0.3) is 11.8 Å². The molecular formula is C23H26ClN7O5S3. The number of amides is 2. The molecule has 5 N–H and O–H groups in total. The van der Waals surface area contributed by atoms with E-state index < -0.39 is 29.9 Å². The molecule has 0 radical (unpaired) electrons. The van der Waals surface area contributed by atoms with Crippen molar-refractivity contribution in [3.63, 3.8) is 0 Å². The number of halogens is 1. The van der Waals surface area contributed by atoms with Gasteiger partial charge in [-0.1, -0.05) is 39.9 Å². The molecule has 0 aliphatic carbocycles. The average molecular weight is 612 g/mol. The quantitative estimate of drug-likeness (QED) is 0.120. The lowest BCUT2D eigenvalue weighted by Gasteiger charge is -2.50. The van der Waals surface area contributed by atoms with Gasteiger partial charge in [0.05, 0.1) is 11.7 Å². The van der Waals surface area contributed by atoms with Crippen LogP contribution in [0.5, 0.6) is 0 Å². The summed E-state index contributed by atoms with van der Waals surface area (Å²) in [6.45, 7) is 0.869. The lowest BCUT2D eigenvalue weighted by molar-refractivity contribution is -0.155. The first kappa shape index (κ1) is 29.1. The fourth-order valence-electron chi connectivity index (χ4n) is 4.18. The zero-order valence-corrected chi connectivity index (χ0v) is 24.2. The number of nitrogen functional groups attached to an aromatic ring is 1. The molecule has 16 heteroatoms. The third-order valence-electron chi connectivity index (χ3n) is 5.92. The van der Waals surface area contributed by atoms with E-state index in [1.54, 1.807) is 24.0 Å². The molecule has 4 rings (SSSR count). The number of carboxylic acid groups (broad SMARTS) is 1. The Balaban J connectivity index is 1.51. The molecule has 208 valence electrons. The maximum atomic E-state index is 13.2. The maximum absolute atomic E-state index is 13.2. The van der Waals surface area contributed by atoms with Gasteiger partial charge in [-0.25, -0.2) is 9.78 Å². The number of fused-ring (bicyclic) bond motifs is 1. The summed E-state index contributed by atoms with van der Waals surface area (Å²) in [4.78, 5) is 54.4. The van der Waals surface area contributed by atoms with Gasteiger partial charge in [-0.05, 0) is 32.0 Å². The van der Waals surface area contributed by atoms with Crippen LogP contribution in [-0.4, -0.2) is 82.0 Å². The van der Waals surface area contributed by atoms with E-state index in [1.165, 1.54) is 23.8 Å². The van der Waals surface area contributed by atoms with E-state index in [0.29, 0.717) is 23.5 Å². The number of hydrogen-bond donors (Lipinski definition) is 4. The Morgan fingerprint density at radius 3 is 2.90 bits per heavy atom. The van der Waals surface area contributed by atoms with Gasteiger partial charge in [-0.15, -0.1) is 0 Å². The molecule has 0 bridgehead atoms. The Kier molecular flexibility index (Phi) is 9.71. The molecule has 1 fully saturated rings. The van der Waals surface area contributed by atoms with Crippen molar-refractivity contribution in [2.24, 2.45) is 5.16 Å². The van der Waals surface area contributed by atoms with Crippen LogP contribution in [-0.2, 0) is 25.0 Å². The van der Waals surface area contributed by atoms with Crippen molar-refractivity contribution < 1.29 is 24.3 Å². The molecular weight excluding hydrogens is 586 g/mol. The number of carbonyl (C=O) groups excluding carboxylic acids is 2. The molecule has 0 unspecified atom stereocenters. The molecule has 2 aliphatic rings. The second-order valence-corrected chi connectivity index (χ2v) is 12.2. The van der Waals surface area contributed by atoms with Crippen LogP contribution in [0, 0.1) is 0 Å². The van der Waals surface area contributed by atoms with Crippen LogP contribution in [0.1, 0.15) is 24.2 Å². The summed E-state index contributed by atoms with van der Waals surface area (Å²) in [5, 5.41) is 19.6. The van der Waals surface area contributed by atoms with Crippen LogP contribution in [0.25, 0.3) is 0 Å². The number of pyridine rings is 1. The summed E-state index contributed by atoms with van der Waals surface area (Å²) in [6.07, 6.45) is 2.59. The van der Waals surface area contributed by atoms with Gasteiger partial charge < -0.3 is 26.3 Å². The van der Waals surface area contributed by atoms with E-state index in [1.807, 2.05) is 13.1 Å². The molecule has 0 aromatic carbocycles. The number of carboxylic acids is 1. The number of oxime groups is 1. The number of nitrogens with zero attached hydrogens (tertiary/aromatic N) is 4. The lowest BCUT2D eigenvalue weighted by Crippen LogP contribution is -2.72. The normalized spacial score (nSPS) is 19.0. The molecule has 0 spiro atoms. The molecule has 1 saturated heterocycles. The van der Waals surface area contributed by atoms with Crippen molar-refractivity contribution in [2.45, 2.75) is 35.6 Å². The van der Waals surface area contributed by atoms with Gasteiger partial charge in [0, 0.05) is 34.0 Å². The average Bonchev–Trinajstić information content (AvgIpc) is 3.25. The summed E-state index contributed by atoms with van der Waals surface area (Å²) in [7, 11) is 3.15. The first-order valence-electron chi connectivity index (χ1n) is 11.7. The third-order valence-corrected chi connectivity index (χ3v) is 9.21. The molecule has 2 aromatic heterocycles. The highest BCUT2D eigenvalue weighted by atomic mass is 35.5. The zero-order chi connectivity index (χ0) is 28.1. The molecule has 2 amide bonds. The van der Waals surface area contributed by atoms with E-state index in [4.69, 9.17) is 22.2 Å². The van der Waals surface area contributed by atoms with Crippen LogP contribution in [0.4, 0.5) is 5.13 Å². The Labute approximate surface area is 241 Å². The highest BCUT2D eigenvalue weighted by Crippen LogP contribution is 2.44. The molecule has 12 nitrogen and oxygen atoms in total.